The van der Waals surface area contributed by atoms with E-state index in [0.29, 0.717) is 17.8 Å². The first kappa shape index (κ1) is 31.8. The van der Waals surface area contributed by atoms with Gasteiger partial charge in [-0.1, -0.05) is 147 Å². The van der Waals surface area contributed by atoms with Gasteiger partial charge in [-0.25, -0.2) is 0 Å². The molecule has 4 heteroatoms. The largest absolute Gasteiger partial charge is 0.332 e. The highest BCUT2D eigenvalue weighted by Gasteiger charge is 2.57. The molecule has 262 valence electrons. The van der Waals surface area contributed by atoms with Gasteiger partial charge in [-0.05, 0) is 100 Å². The van der Waals surface area contributed by atoms with Crippen molar-refractivity contribution in [1.82, 2.24) is 0 Å². The Hall–Kier alpha value is -5.71. The van der Waals surface area contributed by atoms with Crippen LogP contribution in [0.5, 0.6) is 0 Å². The molecular formula is C50H40N2OS. The van der Waals surface area contributed by atoms with Crippen LogP contribution in [0.3, 0.4) is 0 Å². The lowest BCUT2D eigenvalue weighted by Crippen LogP contribution is -2.50. The van der Waals surface area contributed by atoms with E-state index in [9.17, 15) is 0 Å². The Morgan fingerprint density at radius 1 is 0.667 bits per heavy atom. The monoisotopic (exact) mass is 716 g/mol. The van der Waals surface area contributed by atoms with Crippen molar-refractivity contribution in [2.75, 3.05) is 9.80 Å². The van der Waals surface area contributed by atoms with Crippen LogP contribution in [0.2, 0.25) is 0 Å². The Kier molecular flexibility index (Phi) is 7.16. The van der Waals surface area contributed by atoms with E-state index in [0.717, 1.165) is 22.7 Å². The Labute approximate surface area is 320 Å². The second kappa shape index (κ2) is 12.2. The van der Waals surface area contributed by atoms with Crippen LogP contribution in [0.4, 0.5) is 22.7 Å². The van der Waals surface area contributed by atoms with E-state index in [2.05, 4.69) is 193 Å². The van der Waals surface area contributed by atoms with Gasteiger partial charge in [0, 0.05) is 11.4 Å². The number of nitrogens with zero attached hydrogens (tertiary/aromatic N) is 2. The molecule has 5 aromatic carbocycles. The maximum Gasteiger partial charge on any atom is 0.0896 e. The van der Waals surface area contributed by atoms with Gasteiger partial charge >= 0.3 is 0 Å². The van der Waals surface area contributed by atoms with Crippen molar-refractivity contribution >= 4 is 39.1 Å². The highest BCUT2D eigenvalue weighted by Crippen LogP contribution is 2.65. The molecule has 0 saturated carbocycles. The van der Waals surface area contributed by atoms with Crippen LogP contribution in [0.15, 0.2) is 198 Å². The highest BCUT2D eigenvalue weighted by molar-refractivity contribution is 7.86. The summed E-state index contributed by atoms with van der Waals surface area (Å²) in [7, 11) is -1.30. The lowest BCUT2D eigenvalue weighted by Gasteiger charge is -2.48. The summed E-state index contributed by atoms with van der Waals surface area (Å²) in [6, 6.07) is 45.8. The molecule has 2 heterocycles. The number of allylic oxidation sites excluding steroid dienone is 9. The third-order valence-corrected chi connectivity index (χ3v) is 14.4. The summed E-state index contributed by atoms with van der Waals surface area (Å²) in [4.78, 5) is 5.83. The fraction of sp³-hybridized carbons (Fsp3) is 0.160. The van der Waals surface area contributed by atoms with Crippen LogP contribution in [0.1, 0.15) is 35.6 Å². The fourth-order valence-corrected chi connectivity index (χ4v) is 12.2. The minimum absolute atomic E-state index is 0.121. The number of hydrogen-bond donors (Lipinski definition) is 0. The Balaban J connectivity index is 1.14. The average Bonchev–Trinajstić information content (AvgIpc) is 3.53. The Bertz CT molecular complexity index is 2520. The zero-order chi connectivity index (χ0) is 36.0. The molecule has 0 amide bonds. The van der Waals surface area contributed by atoms with Crippen LogP contribution in [0, 0.1) is 17.8 Å². The standard InChI is InChI=1S/C50H40N2OS/c1-33-28-29-36(32-38(33)34-16-4-2-5-17-34)52-45-26-14-15-27-47(45)54(53)49-46(52)31-30-42-48(49)37-20-8-9-21-39(37)50(42)40-22-10-12-24-43(40)51(35-18-6-3-7-19-35)44-25-13-11-23-41(44)50/h2-16,18-34,38,46,49H,17H2,1H3. The summed E-state index contributed by atoms with van der Waals surface area (Å²) in [5.41, 5.74) is 12.5. The van der Waals surface area contributed by atoms with Crippen LogP contribution >= 0.6 is 0 Å². The molecule has 3 nitrogen and oxygen atoms in total. The SMILES string of the molecule is CC1C=CC(N2c3ccccc3S(=O)C3C4=C(C=CC32)C2(c3ccccc34)c3ccccc3N(c3ccccc3)c3ccccc32)=CC1C1C=CC=CC1. The molecule has 0 N–H and O–H groups in total. The van der Waals surface area contributed by atoms with Crippen molar-refractivity contribution in [2.45, 2.75) is 34.9 Å². The zero-order valence-corrected chi connectivity index (χ0v) is 30.9. The van der Waals surface area contributed by atoms with E-state index in [1.165, 1.54) is 50.5 Å². The number of benzene rings is 5. The minimum atomic E-state index is -1.30. The first-order valence-electron chi connectivity index (χ1n) is 19.3. The number of anilines is 4. The molecule has 4 aliphatic carbocycles. The molecule has 0 saturated heterocycles. The number of fused-ring (bicyclic) bond motifs is 11. The summed E-state index contributed by atoms with van der Waals surface area (Å²) in [6.07, 6.45) is 22.1. The van der Waals surface area contributed by atoms with Gasteiger partial charge in [-0.15, -0.1) is 0 Å². The second-order valence-electron chi connectivity index (χ2n) is 15.3. The van der Waals surface area contributed by atoms with Crippen LogP contribution in [0.25, 0.3) is 5.57 Å². The van der Waals surface area contributed by atoms with Crippen molar-refractivity contribution in [2.24, 2.45) is 17.8 Å². The van der Waals surface area contributed by atoms with Crippen LogP contribution < -0.4 is 9.80 Å². The number of rotatable bonds is 3. The van der Waals surface area contributed by atoms with E-state index in [1.807, 2.05) is 6.07 Å². The molecule has 6 aliphatic rings. The molecular weight excluding hydrogens is 677 g/mol. The molecule has 6 unspecified atom stereocenters. The van der Waals surface area contributed by atoms with E-state index in [1.54, 1.807) is 0 Å². The quantitative estimate of drug-likeness (QED) is 0.186. The molecule has 11 rings (SSSR count). The van der Waals surface area contributed by atoms with Gasteiger partial charge in [0.05, 0.1) is 49.5 Å². The van der Waals surface area contributed by atoms with Crippen molar-refractivity contribution < 1.29 is 4.21 Å². The van der Waals surface area contributed by atoms with Gasteiger partial charge in [0.25, 0.3) is 0 Å². The van der Waals surface area contributed by atoms with Crippen molar-refractivity contribution in [1.29, 1.82) is 0 Å². The smallest absolute Gasteiger partial charge is 0.0896 e. The van der Waals surface area contributed by atoms with Gasteiger partial charge in [-0.3, -0.25) is 4.21 Å². The summed E-state index contributed by atoms with van der Waals surface area (Å²) in [5.74, 6) is 1.26. The predicted molar refractivity (Wildman–Crippen MR) is 223 cm³/mol. The normalized spacial score (nSPS) is 26.4. The first-order valence-corrected chi connectivity index (χ1v) is 20.5. The second-order valence-corrected chi connectivity index (χ2v) is 16.9. The predicted octanol–water partition coefficient (Wildman–Crippen LogP) is 11.3. The van der Waals surface area contributed by atoms with Crippen molar-refractivity contribution in [3.8, 4) is 0 Å². The van der Waals surface area contributed by atoms with E-state index >= 15 is 4.21 Å². The van der Waals surface area contributed by atoms with Crippen LogP contribution in [-0.2, 0) is 16.2 Å². The van der Waals surface area contributed by atoms with Gasteiger partial charge < -0.3 is 9.80 Å². The average molecular weight is 717 g/mol. The topological polar surface area (TPSA) is 23.6 Å². The molecule has 6 atom stereocenters. The summed E-state index contributed by atoms with van der Waals surface area (Å²) >= 11 is 0. The molecule has 0 aromatic heterocycles. The first-order chi connectivity index (χ1) is 26.7. The molecule has 1 spiro atoms. The van der Waals surface area contributed by atoms with Gasteiger partial charge in [0.2, 0.25) is 0 Å². The molecule has 54 heavy (non-hydrogen) atoms. The van der Waals surface area contributed by atoms with Gasteiger partial charge in [0.1, 0.15) is 0 Å². The minimum Gasteiger partial charge on any atom is -0.332 e. The molecule has 2 aliphatic heterocycles. The van der Waals surface area contributed by atoms with Gasteiger partial charge in [-0.2, -0.15) is 0 Å². The van der Waals surface area contributed by atoms with E-state index in [4.69, 9.17) is 0 Å². The lowest BCUT2D eigenvalue weighted by atomic mass is 9.63. The van der Waals surface area contributed by atoms with E-state index < -0.39 is 16.2 Å². The maximum atomic E-state index is 15.3. The third-order valence-electron chi connectivity index (χ3n) is 12.7. The summed E-state index contributed by atoms with van der Waals surface area (Å²) in [6.45, 7) is 2.34. The lowest BCUT2D eigenvalue weighted by molar-refractivity contribution is 0.386. The summed E-state index contributed by atoms with van der Waals surface area (Å²) in [5, 5.41) is -0.267. The molecule has 5 aromatic rings. The number of hydrogen-bond acceptors (Lipinski definition) is 3. The fourth-order valence-electron chi connectivity index (χ4n) is 10.4. The highest BCUT2D eigenvalue weighted by atomic mass is 32.2. The summed E-state index contributed by atoms with van der Waals surface area (Å²) < 4.78 is 15.3. The zero-order valence-electron chi connectivity index (χ0n) is 30.1. The molecule has 0 radical (unpaired) electrons. The molecule has 0 bridgehead atoms. The molecule has 0 fully saturated rings. The van der Waals surface area contributed by atoms with Crippen molar-refractivity contribution in [3.63, 3.8) is 0 Å². The van der Waals surface area contributed by atoms with Crippen molar-refractivity contribution in [3.05, 3.63) is 216 Å². The Morgan fingerprint density at radius 3 is 2.07 bits per heavy atom. The Morgan fingerprint density at radius 2 is 1.33 bits per heavy atom. The third kappa shape index (κ3) is 4.32. The van der Waals surface area contributed by atoms with E-state index in [-0.39, 0.29) is 11.3 Å². The number of para-hydroxylation sites is 4. The van der Waals surface area contributed by atoms with Gasteiger partial charge in [0.15, 0.2) is 0 Å². The van der Waals surface area contributed by atoms with Crippen LogP contribution in [-0.4, -0.2) is 15.5 Å². The maximum absolute atomic E-state index is 15.3.